The number of hydrogen-bond donors (Lipinski definition) is 1. The lowest BCUT2D eigenvalue weighted by Gasteiger charge is -2.42. The van der Waals surface area contributed by atoms with Crippen molar-refractivity contribution in [1.82, 2.24) is 39.4 Å². The highest BCUT2D eigenvalue weighted by Gasteiger charge is 2.32. The van der Waals surface area contributed by atoms with Crippen molar-refractivity contribution < 1.29 is 18.9 Å². The van der Waals surface area contributed by atoms with Gasteiger partial charge in [0.15, 0.2) is 0 Å². The predicted molar refractivity (Wildman–Crippen MR) is 178 cm³/mol. The van der Waals surface area contributed by atoms with Gasteiger partial charge in [-0.05, 0) is 64.2 Å². The number of nitrogens with zero attached hydrogens (tertiary/aromatic N) is 8. The fourth-order valence-corrected chi connectivity index (χ4v) is 6.62. The first-order valence-corrected chi connectivity index (χ1v) is 16.7. The average Bonchev–Trinajstić information content (AvgIpc) is 3.72. The molecule has 14 heteroatoms. The first-order chi connectivity index (χ1) is 22.8. The number of rotatable bonds is 13. The van der Waals surface area contributed by atoms with Crippen LogP contribution in [0.1, 0.15) is 52.5 Å². The lowest BCUT2D eigenvalue weighted by molar-refractivity contribution is -0.0852. The van der Waals surface area contributed by atoms with E-state index in [1.54, 1.807) is 30.5 Å². The van der Waals surface area contributed by atoms with Crippen molar-refractivity contribution in [2.75, 3.05) is 38.7 Å². The van der Waals surface area contributed by atoms with Gasteiger partial charge >= 0.3 is 0 Å². The van der Waals surface area contributed by atoms with Crippen LogP contribution in [0.15, 0.2) is 49.4 Å². The number of ether oxygens (including phenoxy) is 4. The topological polar surface area (TPSA) is 127 Å². The molecule has 4 heterocycles. The Morgan fingerprint density at radius 1 is 1.02 bits per heavy atom. The molecule has 0 amide bonds. The van der Waals surface area contributed by atoms with E-state index in [4.69, 9.17) is 35.6 Å². The fraction of sp³-hybridized carbons (Fsp3) is 0.545. The summed E-state index contributed by atoms with van der Waals surface area (Å²) in [6.07, 6.45) is 13.5. The molecule has 1 aliphatic carbocycles. The van der Waals surface area contributed by atoms with Crippen LogP contribution in [0.2, 0.25) is 5.02 Å². The Hall–Kier alpha value is -3.78. The van der Waals surface area contributed by atoms with Crippen molar-refractivity contribution >= 4 is 23.2 Å². The highest BCUT2D eigenvalue weighted by Crippen LogP contribution is 2.36. The average molecular weight is 666 g/mol. The van der Waals surface area contributed by atoms with Crippen LogP contribution >= 0.6 is 11.6 Å². The van der Waals surface area contributed by atoms with Gasteiger partial charge in [-0.1, -0.05) is 17.7 Å². The smallest absolute Gasteiger partial charge is 0.257 e. The molecule has 252 valence electrons. The molecule has 47 heavy (non-hydrogen) atoms. The molecule has 2 fully saturated rings. The Bertz CT molecular complexity index is 1550. The number of nitrogens with one attached hydrogen (secondary N) is 1. The molecule has 3 atom stereocenters. The number of morpholine rings is 1. The second-order valence-corrected chi connectivity index (χ2v) is 12.9. The molecule has 1 saturated heterocycles. The molecule has 6 rings (SSSR count). The Labute approximate surface area is 280 Å². The highest BCUT2D eigenvalue weighted by atomic mass is 35.5. The molecule has 3 aromatic heterocycles. The van der Waals surface area contributed by atoms with Crippen LogP contribution < -0.4 is 14.8 Å². The summed E-state index contributed by atoms with van der Waals surface area (Å²) in [6.45, 7) is 9.70. The Morgan fingerprint density at radius 2 is 1.77 bits per heavy atom. The van der Waals surface area contributed by atoms with Crippen molar-refractivity contribution in [2.45, 2.75) is 83.4 Å². The van der Waals surface area contributed by atoms with Crippen LogP contribution in [-0.4, -0.2) is 97.2 Å². The van der Waals surface area contributed by atoms with E-state index in [9.17, 15) is 0 Å². The minimum atomic E-state index is -0.166. The summed E-state index contributed by atoms with van der Waals surface area (Å²) >= 11 is 6.46. The van der Waals surface area contributed by atoms with Gasteiger partial charge in [0.25, 0.3) is 5.88 Å². The zero-order valence-electron chi connectivity index (χ0n) is 27.5. The van der Waals surface area contributed by atoms with Crippen LogP contribution in [0.3, 0.4) is 0 Å². The molecule has 1 saturated carbocycles. The first kappa shape index (κ1) is 33.1. The number of benzene rings is 1. The van der Waals surface area contributed by atoms with Crippen molar-refractivity contribution in [2.24, 2.45) is 0 Å². The summed E-state index contributed by atoms with van der Waals surface area (Å²) in [7, 11) is 1.65. The lowest BCUT2D eigenvalue weighted by atomic mass is 9.89. The molecule has 1 aromatic carbocycles. The van der Waals surface area contributed by atoms with Gasteiger partial charge in [0.2, 0.25) is 5.95 Å². The van der Waals surface area contributed by atoms with E-state index in [2.05, 4.69) is 44.1 Å². The second-order valence-electron chi connectivity index (χ2n) is 12.5. The molecular formula is C33H44ClN9O4. The normalized spacial score (nSPS) is 22.6. The second kappa shape index (κ2) is 15.4. The monoisotopic (exact) mass is 665 g/mol. The third kappa shape index (κ3) is 8.58. The van der Waals surface area contributed by atoms with E-state index in [0.717, 1.165) is 55.6 Å². The summed E-state index contributed by atoms with van der Waals surface area (Å²) < 4.78 is 27.1. The third-order valence-corrected chi connectivity index (χ3v) is 8.94. The largest absolute Gasteiger partial charge is 0.487 e. The van der Waals surface area contributed by atoms with Crippen molar-refractivity contribution in [3.63, 3.8) is 0 Å². The van der Waals surface area contributed by atoms with Crippen LogP contribution in [0.5, 0.6) is 11.6 Å². The fourth-order valence-electron chi connectivity index (χ4n) is 6.46. The molecule has 1 N–H and O–H groups in total. The predicted octanol–water partition coefficient (Wildman–Crippen LogP) is 5.41. The molecule has 13 nitrogen and oxygen atoms in total. The van der Waals surface area contributed by atoms with Gasteiger partial charge in [0, 0.05) is 44.2 Å². The third-order valence-electron chi connectivity index (χ3n) is 8.63. The number of methoxy groups -OCH3 is 1. The highest BCUT2D eigenvalue weighted by molar-refractivity contribution is 6.32. The number of halogens is 1. The molecule has 0 unspecified atom stereocenters. The van der Waals surface area contributed by atoms with E-state index in [1.807, 2.05) is 36.0 Å². The quantitative estimate of drug-likeness (QED) is 0.184. The standard InChI is InChI=1S/C33H44ClN9O4/c1-22-16-41(17-23(2)46-22)27-6-8-28(9-7-27)43-19-30(32(40-43)45-12-11-44-4)39-33-36-14-26(15-37-33)25-5-10-29(34)31(13-25)47-24(3)18-42-21-35-20-38-42/h5,10,13-15,19-24,27-28H,6-9,11-12,16-18H2,1-4H3,(H,36,37,39)/t22-,23+,24-,27?,28?/m0/s1. The van der Waals surface area contributed by atoms with E-state index in [1.165, 1.54) is 6.33 Å². The molecule has 0 radical (unpaired) electrons. The van der Waals surface area contributed by atoms with Crippen LogP contribution in [0.4, 0.5) is 11.6 Å². The first-order valence-electron chi connectivity index (χ1n) is 16.3. The number of anilines is 2. The molecule has 2 aliphatic rings. The van der Waals surface area contributed by atoms with Crippen molar-refractivity contribution in [1.29, 1.82) is 0 Å². The van der Waals surface area contributed by atoms with Gasteiger partial charge in [-0.3, -0.25) is 9.58 Å². The van der Waals surface area contributed by atoms with Gasteiger partial charge in [0.05, 0.1) is 42.6 Å². The number of aromatic nitrogens is 7. The van der Waals surface area contributed by atoms with Crippen LogP contribution in [-0.2, 0) is 16.0 Å². The molecule has 1 aliphatic heterocycles. The van der Waals surface area contributed by atoms with Gasteiger partial charge in [0.1, 0.15) is 36.8 Å². The van der Waals surface area contributed by atoms with E-state index in [0.29, 0.717) is 54.4 Å². The summed E-state index contributed by atoms with van der Waals surface area (Å²) in [4.78, 5) is 15.8. The zero-order valence-corrected chi connectivity index (χ0v) is 28.2. The Kier molecular flexibility index (Phi) is 10.9. The summed E-state index contributed by atoms with van der Waals surface area (Å²) in [5, 5.41) is 12.8. The lowest BCUT2D eigenvalue weighted by Crippen LogP contribution is -2.51. The summed E-state index contributed by atoms with van der Waals surface area (Å²) in [5.41, 5.74) is 2.43. The van der Waals surface area contributed by atoms with Gasteiger partial charge in [-0.25, -0.2) is 19.6 Å². The van der Waals surface area contributed by atoms with Crippen molar-refractivity contribution in [3.8, 4) is 22.8 Å². The minimum Gasteiger partial charge on any atom is -0.487 e. The van der Waals surface area contributed by atoms with E-state index in [-0.39, 0.29) is 18.3 Å². The van der Waals surface area contributed by atoms with E-state index >= 15 is 0 Å². The maximum atomic E-state index is 6.46. The Balaban J connectivity index is 1.11. The molecule has 0 bridgehead atoms. The maximum absolute atomic E-state index is 6.46. The summed E-state index contributed by atoms with van der Waals surface area (Å²) in [5.74, 6) is 1.52. The van der Waals surface area contributed by atoms with Gasteiger partial charge in [-0.2, -0.15) is 5.10 Å². The SMILES string of the molecule is COCCOc1nn(C2CCC(N3C[C@@H](C)O[C@@H](C)C3)CC2)cc1Nc1ncc(-c2ccc(Cl)c(O[C@@H](C)Cn3cncn3)c2)cn1. The van der Waals surface area contributed by atoms with Crippen LogP contribution in [0, 0.1) is 0 Å². The van der Waals surface area contributed by atoms with Gasteiger partial charge < -0.3 is 24.3 Å². The van der Waals surface area contributed by atoms with Gasteiger partial charge in [-0.15, -0.1) is 5.10 Å². The molecule has 4 aromatic rings. The summed E-state index contributed by atoms with van der Waals surface area (Å²) in [6, 6.07) is 6.51. The zero-order chi connectivity index (χ0) is 32.8. The Morgan fingerprint density at radius 3 is 2.47 bits per heavy atom. The maximum Gasteiger partial charge on any atom is 0.257 e. The van der Waals surface area contributed by atoms with Crippen LogP contribution in [0.25, 0.3) is 11.1 Å². The van der Waals surface area contributed by atoms with E-state index < -0.39 is 0 Å². The minimum absolute atomic E-state index is 0.166. The molecular weight excluding hydrogens is 622 g/mol. The molecule has 0 spiro atoms. The number of hydrogen-bond acceptors (Lipinski definition) is 11. The van der Waals surface area contributed by atoms with Crippen molar-refractivity contribution in [3.05, 3.63) is 54.5 Å².